The monoisotopic (exact) mass is 358 g/mol. The molecule has 1 atom stereocenters. The van der Waals surface area contributed by atoms with Crippen LogP contribution in [0.2, 0.25) is 0 Å². The number of carbonyl (C=O) groups excluding carboxylic acids is 1. The van der Waals surface area contributed by atoms with Gasteiger partial charge in [0.2, 0.25) is 5.91 Å². The largest absolute Gasteiger partial charge is 0.376 e. The fraction of sp³-hybridized carbons (Fsp3) is 0.600. The first-order valence-corrected chi connectivity index (χ1v) is 9.74. The van der Waals surface area contributed by atoms with Crippen molar-refractivity contribution in [3.63, 3.8) is 0 Å². The second kappa shape index (κ2) is 9.57. The Morgan fingerprint density at radius 2 is 2.12 bits per heavy atom. The lowest BCUT2D eigenvalue weighted by Crippen LogP contribution is -2.41. The highest BCUT2D eigenvalue weighted by Crippen LogP contribution is 2.18. The standard InChI is InChI=1S/C20H30N4O2/c1-2-21-20(23-14-18-9-6-12-26-18)22-13-16-7-3-4-8-17(16)15-24-11-5-10-19(24)25/h3-4,7-8,18H,2,5-6,9-15H2,1H3,(H2,21,22,23). The summed E-state index contributed by atoms with van der Waals surface area (Å²) in [6.07, 6.45) is 4.18. The lowest BCUT2D eigenvalue weighted by Gasteiger charge is -2.18. The molecule has 2 saturated heterocycles. The van der Waals surface area contributed by atoms with Gasteiger partial charge in [0.1, 0.15) is 0 Å². The summed E-state index contributed by atoms with van der Waals surface area (Å²) in [5, 5.41) is 6.68. The molecule has 1 aromatic carbocycles. The van der Waals surface area contributed by atoms with E-state index in [0.29, 0.717) is 19.5 Å². The van der Waals surface area contributed by atoms with Crippen LogP contribution in [0, 0.1) is 0 Å². The Morgan fingerprint density at radius 1 is 1.27 bits per heavy atom. The molecule has 2 aliphatic rings. The summed E-state index contributed by atoms with van der Waals surface area (Å²) >= 11 is 0. The predicted molar refractivity (Wildman–Crippen MR) is 103 cm³/mol. The Labute approximate surface area is 156 Å². The molecule has 0 saturated carbocycles. The third kappa shape index (κ3) is 5.21. The average Bonchev–Trinajstić information content (AvgIpc) is 3.31. The van der Waals surface area contributed by atoms with E-state index in [1.165, 1.54) is 11.1 Å². The van der Waals surface area contributed by atoms with Gasteiger partial charge < -0.3 is 20.3 Å². The maximum Gasteiger partial charge on any atom is 0.222 e. The van der Waals surface area contributed by atoms with Crippen molar-refractivity contribution in [1.29, 1.82) is 0 Å². The minimum atomic E-state index is 0.259. The van der Waals surface area contributed by atoms with Crippen LogP contribution in [0.15, 0.2) is 29.3 Å². The van der Waals surface area contributed by atoms with Crippen molar-refractivity contribution in [2.45, 2.75) is 51.8 Å². The molecule has 0 radical (unpaired) electrons. The maximum absolute atomic E-state index is 11.9. The van der Waals surface area contributed by atoms with Gasteiger partial charge in [-0.25, -0.2) is 4.99 Å². The number of nitrogens with zero attached hydrogens (tertiary/aromatic N) is 2. The molecule has 0 bridgehead atoms. The van der Waals surface area contributed by atoms with E-state index < -0.39 is 0 Å². The quantitative estimate of drug-likeness (QED) is 0.578. The van der Waals surface area contributed by atoms with Crippen LogP contribution < -0.4 is 10.6 Å². The summed E-state index contributed by atoms with van der Waals surface area (Å²) in [7, 11) is 0. The third-order valence-electron chi connectivity index (χ3n) is 4.92. The number of benzene rings is 1. The lowest BCUT2D eigenvalue weighted by atomic mass is 10.1. The topological polar surface area (TPSA) is 66.0 Å². The van der Waals surface area contributed by atoms with Gasteiger partial charge in [0, 0.05) is 39.2 Å². The van der Waals surface area contributed by atoms with Crippen molar-refractivity contribution in [3.05, 3.63) is 35.4 Å². The van der Waals surface area contributed by atoms with E-state index in [1.54, 1.807) is 0 Å². The Balaban J connectivity index is 1.61. The van der Waals surface area contributed by atoms with Gasteiger partial charge >= 0.3 is 0 Å². The summed E-state index contributed by atoms with van der Waals surface area (Å²) in [5.41, 5.74) is 2.35. The van der Waals surface area contributed by atoms with Crippen molar-refractivity contribution in [1.82, 2.24) is 15.5 Å². The molecule has 142 valence electrons. The maximum atomic E-state index is 11.9. The van der Waals surface area contributed by atoms with Crippen LogP contribution in [0.3, 0.4) is 0 Å². The molecule has 26 heavy (non-hydrogen) atoms. The van der Waals surface area contributed by atoms with Gasteiger partial charge in [0.25, 0.3) is 0 Å². The van der Waals surface area contributed by atoms with Gasteiger partial charge in [-0.05, 0) is 37.3 Å². The molecule has 2 heterocycles. The first-order chi connectivity index (χ1) is 12.8. The second-order valence-electron chi connectivity index (χ2n) is 6.90. The van der Waals surface area contributed by atoms with E-state index >= 15 is 0 Å². The highest BCUT2D eigenvalue weighted by atomic mass is 16.5. The summed E-state index contributed by atoms with van der Waals surface area (Å²) < 4.78 is 5.67. The minimum absolute atomic E-state index is 0.259. The molecule has 1 unspecified atom stereocenters. The van der Waals surface area contributed by atoms with Gasteiger partial charge in [0.05, 0.1) is 12.6 Å². The molecule has 2 fully saturated rings. The van der Waals surface area contributed by atoms with Crippen LogP contribution in [0.1, 0.15) is 43.7 Å². The van der Waals surface area contributed by atoms with Gasteiger partial charge in [-0.2, -0.15) is 0 Å². The fourth-order valence-electron chi connectivity index (χ4n) is 3.46. The van der Waals surface area contributed by atoms with Crippen LogP contribution in [-0.4, -0.2) is 49.1 Å². The number of guanidine groups is 1. The van der Waals surface area contributed by atoms with E-state index in [2.05, 4.69) is 29.7 Å². The summed E-state index contributed by atoms with van der Waals surface area (Å²) in [6.45, 7) is 6.68. The molecular formula is C20H30N4O2. The van der Waals surface area contributed by atoms with Gasteiger partial charge in [-0.1, -0.05) is 24.3 Å². The molecule has 2 aliphatic heterocycles. The first kappa shape index (κ1) is 18.7. The summed E-state index contributed by atoms with van der Waals surface area (Å²) in [4.78, 5) is 18.6. The minimum Gasteiger partial charge on any atom is -0.376 e. The predicted octanol–water partition coefficient (Wildman–Crippen LogP) is 2.04. The van der Waals surface area contributed by atoms with E-state index in [1.807, 2.05) is 17.0 Å². The number of likely N-dealkylation sites (tertiary alicyclic amines) is 1. The number of hydrogen-bond donors (Lipinski definition) is 2. The molecule has 6 nitrogen and oxygen atoms in total. The van der Waals surface area contributed by atoms with E-state index in [0.717, 1.165) is 51.5 Å². The first-order valence-electron chi connectivity index (χ1n) is 9.74. The zero-order valence-corrected chi connectivity index (χ0v) is 15.7. The molecule has 0 aromatic heterocycles. The van der Waals surface area contributed by atoms with Gasteiger partial charge in [-0.3, -0.25) is 4.79 Å². The van der Waals surface area contributed by atoms with Crippen LogP contribution in [0.5, 0.6) is 0 Å². The Bertz CT molecular complexity index is 626. The highest BCUT2D eigenvalue weighted by Gasteiger charge is 2.21. The Hall–Kier alpha value is -2.08. The number of amides is 1. The smallest absolute Gasteiger partial charge is 0.222 e. The van der Waals surface area contributed by atoms with Crippen molar-refractivity contribution in [2.75, 3.05) is 26.2 Å². The van der Waals surface area contributed by atoms with E-state index in [-0.39, 0.29) is 12.0 Å². The number of nitrogens with one attached hydrogen (secondary N) is 2. The number of carbonyl (C=O) groups is 1. The van der Waals surface area contributed by atoms with Gasteiger partial charge in [0.15, 0.2) is 5.96 Å². The number of rotatable bonds is 7. The summed E-state index contributed by atoms with van der Waals surface area (Å²) in [5.74, 6) is 1.07. The fourth-order valence-corrected chi connectivity index (χ4v) is 3.46. The van der Waals surface area contributed by atoms with E-state index in [4.69, 9.17) is 9.73 Å². The molecule has 2 N–H and O–H groups in total. The molecule has 3 rings (SSSR count). The lowest BCUT2D eigenvalue weighted by molar-refractivity contribution is -0.128. The molecule has 0 spiro atoms. The number of hydrogen-bond acceptors (Lipinski definition) is 3. The molecule has 1 amide bonds. The molecule has 6 heteroatoms. The molecular weight excluding hydrogens is 328 g/mol. The van der Waals surface area contributed by atoms with Crippen molar-refractivity contribution in [2.24, 2.45) is 4.99 Å². The third-order valence-corrected chi connectivity index (χ3v) is 4.92. The number of aliphatic imine (C=N–C) groups is 1. The Kier molecular flexibility index (Phi) is 6.89. The van der Waals surface area contributed by atoms with Crippen molar-refractivity contribution >= 4 is 11.9 Å². The van der Waals surface area contributed by atoms with Crippen LogP contribution in [0.4, 0.5) is 0 Å². The Morgan fingerprint density at radius 3 is 2.81 bits per heavy atom. The number of ether oxygens (including phenoxy) is 1. The van der Waals surface area contributed by atoms with Crippen LogP contribution >= 0.6 is 0 Å². The van der Waals surface area contributed by atoms with Crippen LogP contribution in [0.25, 0.3) is 0 Å². The second-order valence-corrected chi connectivity index (χ2v) is 6.90. The zero-order chi connectivity index (χ0) is 18.2. The SMILES string of the molecule is CCNC(=NCc1ccccc1CN1CCCC1=O)NCC1CCCO1. The van der Waals surface area contributed by atoms with Crippen molar-refractivity contribution < 1.29 is 9.53 Å². The molecule has 1 aromatic rings. The summed E-state index contributed by atoms with van der Waals surface area (Å²) in [6, 6.07) is 8.27. The zero-order valence-electron chi connectivity index (χ0n) is 15.7. The highest BCUT2D eigenvalue weighted by molar-refractivity contribution is 5.80. The van der Waals surface area contributed by atoms with E-state index in [9.17, 15) is 4.79 Å². The van der Waals surface area contributed by atoms with Gasteiger partial charge in [-0.15, -0.1) is 0 Å². The normalized spacial score (nSPS) is 20.7. The van der Waals surface area contributed by atoms with Crippen molar-refractivity contribution in [3.8, 4) is 0 Å². The van der Waals surface area contributed by atoms with Crippen LogP contribution in [-0.2, 0) is 22.6 Å². The molecule has 0 aliphatic carbocycles. The average molecular weight is 358 g/mol.